The van der Waals surface area contributed by atoms with Gasteiger partial charge in [0.25, 0.3) is 0 Å². The van der Waals surface area contributed by atoms with Crippen molar-refractivity contribution in [3.8, 4) is 5.75 Å². The first-order chi connectivity index (χ1) is 14.8. The van der Waals surface area contributed by atoms with Crippen LogP contribution in [0.3, 0.4) is 0 Å². The van der Waals surface area contributed by atoms with Crippen molar-refractivity contribution in [2.75, 3.05) is 0 Å². The molecule has 0 saturated heterocycles. The van der Waals surface area contributed by atoms with Crippen molar-refractivity contribution >= 4 is 27.8 Å². The third-order valence-electron chi connectivity index (χ3n) is 6.08. The number of benzene rings is 4. The molecule has 1 aliphatic rings. The zero-order valence-electron chi connectivity index (χ0n) is 16.6. The molecule has 0 atom stereocenters. The van der Waals surface area contributed by atoms with Crippen molar-refractivity contribution in [1.82, 2.24) is 0 Å². The number of hydrogen-bond donors (Lipinski definition) is 0. The lowest BCUT2D eigenvalue weighted by molar-refractivity contribution is 0.161. The Morgan fingerprint density at radius 3 is 2.07 bits per heavy atom. The highest BCUT2D eigenvalue weighted by Gasteiger charge is 2.37. The average Bonchev–Trinajstić information content (AvgIpc) is 3.20. The van der Waals surface area contributed by atoms with Gasteiger partial charge in [0.2, 0.25) is 0 Å². The maximum Gasteiger partial charge on any atom is 0.178 e. The summed E-state index contributed by atoms with van der Waals surface area (Å²) in [5, 5.41) is 3.54. The Bertz CT molecular complexity index is 1370. The number of furan rings is 1. The molecule has 2 heteroatoms. The summed E-state index contributed by atoms with van der Waals surface area (Å²) >= 11 is 0. The first-order valence-electron chi connectivity index (χ1n) is 10.2. The number of rotatable bonds is 2. The van der Waals surface area contributed by atoms with Crippen LogP contribution in [-0.4, -0.2) is 0 Å². The summed E-state index contributed by atoms with van der Waals surface area (Å²) in [5.41, 5.74) is 4.75. The van der Waals surface area contributed by atoms with Crippen LogP contribution >= 0.6 is 0 Å². The first-order valence-corrected chi connectivity index (χ1v) is 10.2. The van der Waals surface area contributed by atoms with E-state index in [1.165, 1.54) is 16.2 Å². The standard InChI is InChI=1S/C28H20O2/c1-19-18-29-26-15-12-22-23-16-17-28(20-8-4-2-5-9-20,21-10-6-3-7-11-21)30-25(23)14-13-24(22)27(19)26/h2-18H,1H3. The van der Waals surface area contributed by atoms with E-state index in [0.717, 1.165) is 33.6 Å². The Morgan fingerprint density at radius 2 is 1.37 bits per heavy atom. The number of ether oxygens (including phenoxy) is 1. The molecule has 5 aromatic rings. The quantitative estimate of drug-likeness (QED) is 0.318. The predicted molar refractivity (Wildman–Crippen MR) is 122 cm³/mol. The molecule has 0 N–H and O–H groups in total. The Balaban J connectivity index is 1.60. The average molecular weight is 388 g/mol. The number of aryl methyl sites for hydroxylation is 1. The van der Waals surface area contributed by atoms with Gasteiger partial charge in [0.1, 0.15) is 11.3 Å². The van der Waals surface area contributed by atoms with Gasteiger partial charge in [-0.1, -0.05) is 60.7 Å². The van der Waals surface area contributed by atoms with E-state index in [0.29, 0.717) is 0 Å². The lowest BCUT2D eigenvalue weighted by atomic mass is 9.83. The van der Waals surface area contributed by atoms with Crippen LogP contribution < -0.4 is 4.74 Å². The van der Waals surface area contributed by atoms with Crippen molar-refractivity contribution in [3.63, 3.8) is 0 Å². The second-order valence-corrected chi connectivity index (χ2v) is 7.83. The van der Waals surface area contributed by atoms with Crippen LogP contribution in [0.2, 0.25) is 0 Å². The van der Waals surface area contributed by atoms with Crippen LogP contribution in [0.5, 0.6) is 5.75 Å². The highest BCUT2D eigenvalue weighted by Crippen LogP contribution is 2.45. The maximum absolute atomic E-state index is 6.81. The summed E-state index contributed by atoms with van der Waals surface area (Å²) in [6, 6.07) is 29.2. The van der Waals surface area contributed by atoms with Crippen LogP contribution in [0.1, 0.15) is 22.3 Å². The molecule has 0 unspecified atom stereocenters. The second kappa shape index (κ2) is 6.36. The van der Waals surface area contributed by atoms with Crippen LogP contribution in [0, 0.1) is 6.92 Å². The minimum absolute atomic E-state index is 0.654. The normalized spacial score (nSPS) is 14.6. The van der Waals surface area contributed by atoms with E-state index in [1.54, 1.807) is 0 Å². The molecule has 0 spiro atoms. The minimum atomic E-state index is -0.654. The summed E-state index contributed by atoms with van der Waals surface area (Å²) < 4.78 is 12.5. The number of fused-ring (bicyclic) bond motifs is 5. The summed E-state index contributed by atoms with van der Waals surface area (Å²) in [4.78, 5) is 0. The van der Waals surface area contributed by atoms with Gasteiger partial charge in [-0.3, -0.25) is 0 Å². The Labute approximate surface area is 175 Å². The fourth-order valence-corrected chi connectivity index (χ4v) is 4.62. The Hall–Kier alpha value is -3.78. The SMILES string of the molecule is Cc1coc2ccc3c4c(ccc3c12)OC(c1ccccc1)(c1ccccc1)C=C4. The molecule has 4 aromatic carbocycles. The molecule has 1 aliphatic heterocycles. The summed E-state index contributed by atoms with van der Waals surface area (Å²) in [5.74, 6) is 0.887. The van der Waals surface area contributed by atoms with E-state index in [-0.39, 0.29) is 0 Å². The van der Waals surface area contributed by atoms with Gasteiger partial charge in [0.15, 0.2) is 5.60 Å². The van der Waals surface area contributed by atoms with Crippen molar-refractivity contribution in [2.45, 2.75) is 12.5 Å². The van der Waals surface area contributed by atoms with E-state index in [1.807, 2.05) is 18.4 Å². The van der Waals surface area contributed by atoms with E-state index in [9.17, 15) is 0 Å². The zero-order valence-corrected chi connectivity index (χ0v) is 16.6. The zero-order chi connectivity index (χ0) is 20.1. The molecule has 30 heavy (non-hydrogen) atoms. The topological polar surface area (TPSA) is 22.4 Å². The largest absolute Gasteiger partial charge is 0.473 e. The summed E-state index contributed by atoms with van der Waals surface area (Å²) in [6.45, 7) is 2.09. The molecule has 0 amide bonds. The van der Waals surface area contributed by atoms with E-state index < -0.39 is 5.60 Å². The number of hydrogen-bond acceptors (Lipinski definition) is 2. The van der Waals surface area contributed by atoms with Crippen molar-refractivity contribution < 1.29 is 9.15 Å². The summed E-state index contributed by atoms with van der Waals surface area (Å²) in [6.07, 6.45) is 6.22. The van der Waals surface area contributed by atoms with Gasteiger partial charge in [0.05, 0.1) is 6.26 Å². The van der Waals surface area contributed by atoms with Gasteiger partial charge in [-0.15, -0.1) is 0 Å². The van der Waals surface area contributed by atoms with Crippen molar-refractivity contribution in [2.24, 2.45) is 0 Å². The van der Waals surface area contributed by atoms with Gasteiger partial charge < -0.3 is 9.15 Å². The Morgan fingerprint density at radius 1 is 0.700 bits per heavy atom. The van der Waals surface area contributed by atoms with E-state index >= 15 is 0 Å². The van der Waals surface area contributed by atoms with Crippen molar-refractivity contribution in [1.29, 1.82) is 0 Å². The molecule has 0 fully saturated rings. The molecule has 2 heterocycles. The highest BCUT2D eigenvalue weighted by atomic mass is 16.5. The fraction of sp³-hybridized carbons (Fsp3) is 0.0714. The maximum atomic E-state index is 6.81. The van der Waals surface area contributed by atoms with Crippen LogP contribution in [0.4, 0.5) is 0 Å². The van der Waals surface area contributed by atoms with Gasteiger partial charge in [-0.05, 0) is 59.7 Å². The highest BCUT2D eigenvalue weighted by molar-refractivity contribution is 6.10. The molecule has 0 aliphatic carbocycles. The Kier molecular flexibility index (Phi) is 3.63. The lowest BCUT2D eigenvalue weighted by Gasteiger charge is -2.36. The summed E-state index contributed by atoms with van der Waals surface area (Å²) in [7, 11) is 0. The van der Waals surface area contributed by atoms with Gasteiger partial charge in [-0.25, -0.2) is 0 Å². The van der Waals surface area contributed by atoms with Gasteiger partial charge in [-0.2, -0.15) is 0 Å². The molecule has 144 valence electrons. The predicted octanol–water partition coefficient (Wildman–Crippen LogP) is 7.24. The fourth-order valence-electron chi connectivity index (χ4n) is 4.62. The van der Waals surface area contributed by atoms with Crippen LogP contribution in [-0.2, 0) is 5.60 Å². The van der Waals surface area contributed by atoms with Crippen molar-refractivity contribution in [3.05, 3.63) is 120 Å². The second-order valence-electron chi connectivity index (χ2n) is 7.83. The molecule has 0 bridgehead atoms. The molecule has 0 saturated carbocycles. The molecular formula is C28H20O2. The monoisotopic (exact) mass is 388 g/mol. The third-order valence-corrected chi connectivity index (χ3v) is 6.08. The molecule has 6 rings (SSSR count). The minimum Gasteiger partial charge on any atom is -0.473 e. The van der Waals surface area contributed by atoms with Crippen LogP contribution in [0.15, 0.2) is 102 Å². The molecule has 2 nitrogen and oxygen atoms in total. The smallest absolute Gasteiger partial charge is 0.178 e. The third kappa shape index (κ3) is 2.37. The molecule has 0 radical (unpaired) electrons. The van der Waals surface area contributed by atoms with Gasteiger partial charge >= 0.3 is 0 Å². The van der Waals surface area contributed by atoms with Crippen LogP contribution in [0.25, 0.3) is 27.8 Å². The lowest BCUT2D eigenvalue weighted by Crippen LogP contribution is -2.34. The molecular weight excluding hydrogens is 368 g/mol. The van der Waals surface area contributed by atoms with E-state index in [2.05, 4.69) is 91.9 Å². The van der Waals surface area contributed by atoms with Gasteiger partial charge in [0, 0.05) is 22.1 Å². The first kappa shape index (κ1) is 17.1. The molecule has 1 aromatic heterocycles. The van der Waals surface area contributed by atoms with E-state index in [4.69, 9.17) is 9.15 Å².